The molecule has 0 spiro atoms. The minimum atomic E-state index is -1.39. The second-order valence-corrected chi connectivity index (χ2v) is 6.05. The van der Waals surface area contributed by atoms with Crippen LogP contribution in [0.15, 0.2) is 36.4 Å². The standard InChI is InChI=1S/C16H11O8P/c17-13(18)7-3-1-4-8(14(19)20)11(7)25-12-9(15(21)22)5-2-6-10(12)16(23)24/h1-6,25H,(H,17,18)(H,19,20)(H,21,22)(H,23,24). The van der Waals surface area contributed by atoms with Crippen molar-refractivity contribution >= 4 is 43.1 Å². The molecule has 0 aliphatic rings. The van der Waals surface area contributed by atoms with Gasteiger partial charge in [-0.15, -0.1) is 0 Å². The number of hydrogen-bond acceptors (Lipinski definition) is 4. The molecule has 0 fully saturated rings. The molecule has 0 saturated heterocycles. The minimum absolute atomic E-state index is 0.140. The van der Waals surface area contributed by atoms with Crippen molar-refractivity contribution in [3.63, 3.8) is 0 Å². The summed E-state index contributed by atoms with van der Waals surface area (Å²) in [5.74, 6) is -5.57. The number of carboxylic acids is 4. The highest BCUT2D eigenvalue weighted by Gasteiger charge is 2.24. The van der Waals surface area contributed by atoms with E-state index in [1.807, 2.05) is 0 Å². The molecule has 8 nitrogen and oxygen atoms in total. The van der Waals surface area contributed by atoms with Crippen molar-refractivity contribution in [2.75, 3.05) is 0 Å². The van der Waals surface area contributed by atoms with E-state index in [1.165, 1.54) is 36.4 Å². The zero-order valence-electron chi connectivity index (χ0n) is 12.4. The van der Waals surface area contributed by atoms with Gasteiger partial charge in [-0.25, -0.2) is 19.2 Å². The van der Waals surface area contributed by atoms with Crippen LogP contribution >= 0.6 is 8.58 Å². The van der Waals surface area contributed by atoms with Gasteiger partial charge in [0.15, 0.2) is 0 Å². The van der Waals surface area contributed by atoms with Gasteiger partial charge in [-0.05, 0) is 24.3 Å². The Kier molecular flexibility index (Phi) is 5.14. The summed E-state index contributed by atoms with van der Waals surface area (Å²) in [6.45, 7) is 0. The first-order chi connectivity index (χ1) is 11.7. The maximum Gasteiger partial charge on any atom is 0.336 e. The van der Waals surface area contributed by atoms with Gasteiger partial charge in [0.1, 0.15) is 0 Å². The van der Waals surface area contributed by atoms with E-state index in [0.29, 0.717) is 0 Å². The maximum absolute atomic E-state index is 11.4. The molecule has 128 valence electrons. The Bertz CT molecular complexity index is 765. The lowest BCUT2D eigenvalue weighted by Gasteiger charge is -2.14. The third-order valence-electron chi connectivity index (χ3n) is 3.30. The molecule has 2 aromatic rings. The third-order valence-corrected chi connectivity index (χ3v) is 4.88. The van der Waals surface area contributed by atoms with Crippen LogP contribution in [-0.4, -0.2) is 44.3 Å². The molecule has 2 rings (SSSR count). The molecule has 0 aromatic heterocycles. The molecule has 0 bridgehead atoms. The average molecular weight is 362 g/mol. The van der Waals surface area contributed by atoms with Crippen molar-refractivity contribution < 1.29 is 39.6 Å². The summed E-state index contributed by atoms with van der Waals surface area (Å²) in [5.41, 5.74) is -1.30. The summed E-state index contributed by atoms with van der Waals surface area (Å²) in [5, 5.41) is 36.9. The average Bonchev–Trinajstić information content (AvgIpc) is 2.54. The Balaban J connectivity index is 2.76. The van der Waals surface area contributed by atoms with Crippen molar-refractivity contribution in [2.24, 2.45) is 0 Å². The van der Waals surface area contributed by atoms with Crippen LogP contribution in [0.2, 0.25) is 0 Å². The highest BCUT2D eigenvalue weighted by atomic mass is 31.1. The van der Waals surface area contributed by atoms with Crippen LogP contribution in [0, 0.1) is 0 Å². The van der Waals surface area contributed by atoms with Gasteiger partial charge in [-0.1, -0.05) is 20.7 Å². The van der Waals surface area contributed by atoms with E-state index >= 15 is 0 Å². The first-order valence-electron chi connectivity index (χ1n) is 6.70. The predicted octanol–water partition coefficient (Wildman–Crippen LogP) is 1.11. The minimum Gasteiger partial charge on any atom is -0.478 e. The van der Waals surface area contributed by atoms with Gasteiger partial charge in [0, 0.05) is 10.6 Å². The molecule has 25 heavy (non-hydrogen) atoms. The summed E-state index contributed by atoms with van der Waals surface area (Å²) < 4.78 is 0. The topological polar surface area (TPSA) is 149 Å². The lowest BCUT2D eigenvalue weighted by Crippen LogP contribution is -2.26. The monoisotopic (exact) mass is 362 g/mol. The molecule has 0 saturated carbocycles. The quantitative estimate of drug-likeness (QED) is 0.558. The zero-order chi connectivity index (χ0) is 18.7. The molecule has 0 atom stereocenters. The van der Waals surface area contributed by atoms with Crippen LogP contribution in [0.25, 0.3) is 0 Å². The van der Waals surface area contributed by atoms with E-state index in [4.69, 9.17) is 0 Å². The molecular weight excluding hydrogens is 351 g/mol. The van der Waals surface area contributed by atoms with Gasteiger partial charge >= 0.3 is 23.9 Å². The van der Waals surface area contributed by atoms with Crippen LogP contribution < -0.4 is 10.6 Å². The van der Waals surface area contributed by atoms with Crippen molar-refractivity contribution in [2.45, 2.75) is 0 Å². The summed E-state index contributed by atoms with van der Waals surface area (Å²) >= 11 is 0. The number of rotatable bonds is 6. The number of carbonyl (C=O) groups is 4. The fourth-order valence-corrected chi connectivity index (χ4v) is 3.76. The van der Waals surface area contributed by atoms with Crippen molar-refractivity contribution in [1.29, 1.82) is 0 Å². The van der Waals surface area contributed by atoms with Crippen LogP contribution in [0.3, 0.4) is 0 Å². The molecule has 0 heterocycles. The van der Waals surface area contributed by atoms with Gasteiger partial charge in [0.25, 0.3) is 0 Å². The highest BCUT2D eigenvalue weighted by molar-refractivity contribution is 7.56. The number of aromatic carboxylic acids is 4. The fourth-order valence-electron chi connectivity index (χ4n) is 2.21. The first kappa shape index (κ1) is 18.1. The Morgan fingerprint density at radius 2 is 0.800 bits per heavy atom. The molecule has 0 unspecified atom stereocenters. The molecule has 0 aliphatic heterocycles. The van der Waals surface area contributed by atoms with Crippen molar-refractivity contribution in [1.82, 2.24) is 0 Å². The normalized spacial score (nSPS) is 10.2. The summed E-state index contributed by atoms with van der Waals surface area (Å²) in [6, 6.07) is 7.23. The van der Waals surface area contributed by atoms with Gasteiger partial charge in [0.2, 0.25) is 0 Å². The van der Waals surface area contributed by atoms with Crippen LogP contribution in [0.5, 0.6) is 0 Å². The summed E-state index contributed by atoms with van der Waals surface area (Å²) in [4.78, 5) is 45.6. The fraction of sp³-hybridized carbons (Fsp3) is 0. The van der Waals surface area contributed by atoms with Gasteiger partial charge in [-0.2, -0.15) is 0 Å². The molecular formula is C16H11O8P. The van der Waals surface area contributed by atoms with E-state index in [1.54, 1.807) is 0 Å². The van der Waals surface area contributed by atoms with E-state index in [0.717, 1.165) is 0 Å². The molecule has 0 amide bonds. The van der Waals surface area contributed by atoms with E-state index in [2.05, 4.69) is 0 Å². The molecule has 0 aliphatic carbocycles. The number of carboxylic acid groups (broad SMARTS) is 4. The van der Waals surface area contributed by atoms with Crippen LogP contribution in [0.1, 0.15) is 41.4 Å². The molecule has 4 N–H and O–H groups in total. The summed E-state index contributed by atoms with van der Waals surface area (Å²) in [7, 11) is -0.780. The maximum atomic E-state index is 11.4. The van der Waals surface area contributed by atoms with Crippen LogP contribution in [-0.2, 0) is 0 Å². The van der Waals surface area contributed by atoms with Gasteiger partial charge < -0.3 is 20.4 Å². The van der Waals surface area contributed by atoms with Gasteiger partial charge in [-0.3, -0.25) is 0 Å². The van der Waals surface area contributed by atoms with E-state index in [-0.39, 0.29) is 32.9 Å². The smallest absolute Gasteiger partial charge is 0.336 e. The highest BCUT2D eigenvalue weighted by Crippen LogP contribution is 2.22. The number of hydrogen-bond donors (Lipinski definition) is 4. The van der Waals surface area contributed by atoms with Crippen molar-refractivity contribution in [3.05, 3.63) is 58.7 Å². The SMILES string of the molecule is O=C(O)c1cccc(C(=O)O)c1Pc1c(C(=O)O)cccc1C(=O)O. The Morgan fingerprint density at radius 1 is 0.560 bits per heavy atom. The predicted molar refractivity (Wildman–Crippen MR) is 88.3 cm³/mol. The second-order valence-electron chi connectivity index (χ2n) is 4.80. The molecule has 9 heteroatoms. The van der Waals surface area contributed by atoms with E-state index < -0.39 is 32.5 Å². The Hall–Kier alpha value is -3.25. The van der Waals surface area contributed by atoms with Gasteiger partial charge in [0.05, 0.1) is 22.3 Å². The summed E-state index contributed by atoms with van der Waals surface area (Å²) in [6.07, 6.45) is 0. The lowest BCUT2D eigenvalue weighted by molar-refractivity contribution is 0.0680. The Morgan fingerprint density at radius 3 is 1.00 bits per heavy atom. The third kappa shape index (κ3) is 3.64. The molecule has 2 aromatic carbocycles. The number of benzene rings is 2. The van der Waals surface area contributed by atoms with Crippen molar-refractivity contribution in [3.8, 4) is 0 Å². The van der Waals surface area contributed by atoms with E-state index in [9.17, 15) is 39.6 Å². The first-order valence-corrected chi connectivity index (χ1v) is 7.70. The van der Waals surface area contributed by atoms with Crippen LogP contribution in [0.4, 0.5) is 0 Å². The molecule has 0 radical (unpaired) electrons. The Labute approximate surface area is 142 Å². The zero-order valence-corrected chi connectivity index (χ0v) is 13.4. The largest absolute Gasteiger partial charge is 0.478 e. The lowest BCUT2D eigenvalue weighted by atomic mass is 10.1. The second kappa shape index (κ2) is 7.11.